The summed E-state index contributed by atoms with van der Waals surface area (Å²) in [4.78, 5) is 29.1. The quantitative estimate of drug-likeness (QED) is 0.878. The lowest BCUT2D eigenvalue weighted by Crippen LogP contribution is -2.26. The summed E-state index contributed by atoms with van der Waals surface area (Å²) in [6.07, 6.45) is 2.04. The van der Waals surface area contributed by atoms with Crippen LogP contribution in [0.4, 0.5) is 5.69 Å². The molecular formula is C18H20N4O2. The SMILES string of the molecule is CN1C(=O)C[C@@H](CNc2ccnc(C(N)=O)c2)[C@@H]1c1ccccc1. The molecule has 2 amide bonds. The molecule has 3 rings (SSSR count). The smallest absolute Gasteiger partial charge is 0.267 e. The first-order chi connectivity index (χ1) is 11.6. The molecular weight excluding hydrogens is 304 g/mol. The van der Waals surface area contributed by atoms with Crippen LogP contribution >= 0.6 is 0 Å². The van der Waals surface area contributed by atoms with E-state index in [0.717, 1.165) is 11.3 Å². The molecule has 1 saturated heterocycles. The van der Waals surface area contributed by atoms with Crippen molar-refractivity contribution in [3.05, 3.63) is 59.9 Å². The number of pyridine rings is 1. The number of rotatable bonds is 5. The van der Waals surface area contributed by atoms with Crippen molar-refractivity contribution in [2.75, 3.05) is 18.9 Å². The van der Waals surface area contributed by atoms with Crippen molar-refractivity contribution >= 4 is 17.5 Å². The molecule has 24 heavy (non-hydrogen) atoms. The van der Waals surface area contributed by atoms with Crippen molar-refractivity contribution in [3.63, 3.8) is 0 Å². The van der Waals surface area contributed by atoms with Gasteiger partial charge in [0, 0.05) is 37.8 Å². The minimum Gasteiger partial charge on any atom is -0.385 e. The second kappa shape index (κ2) is 6.70. The van der Waals surface area contributed by atoms with E-state index in [1.165, 1.54) is 0 Å². The molecule has 0 saturated carbocycles. The van der Waals surface area contributed by atoms with Crippen molar-refractivity contribution in [2.24, 2.45) is 11.7 Å². The maximum absolute atomic E-state index is 12.1. The van der Waals surface area contributed by atoms with Gasteiger partial charge in [0.25, 0.3) is 5.91 Å². The average Bonchev–Trinajstić information content (AvgIpc) is 2.88. The molecule has 6 heteroatoms. The van der Waals surface area contributed by atoms with Crippen LogP contribution in [0.5, 0.6) is 0 Å². The summed E-state index contributed by atoms with van der Waals surface area (Å²) in [7, 11) is 1.84. The van der Waals surface area contributed by atoms with Gasteiger partial charge in [-0.2, -0.15) is 0 Å². The molecule has 0 radical (unpaired) electrons. The van der Waals surface area contributed by atoms with Crippen LogP contribution < -0.4 is 11.1 Å². The fraction of sp³-hybridized carbons (Fsp3) is 0.278. The number of primary amides is 1. The maximum Gasteiger partial charge on any atom is 0.267 e. The number of benzene rings is 1. The summed E-state index contributed by atoms with van der Waals surface area (Å²) in [6.45, 7) is 0.623. The number of hydrogen-bond acceptors (Lipinski definition) is 4. The van der Waals surface area contributed by atoms with E-state index >= 15 is 0 Å². The number of likely N-dealkylation sites (tertiary alicyclic amines) is 1. The Balaban J connectivity index is 1.75. The molecule has 1 aromatic carbocycles. The molecule has 1 aliphatic heterocycles. The highest BCUT2D eigenvalue weighted by Crippen LogP contribution is 2.36. The second-order valence-corrected chi connectivity index (χ2v) is 6.00. The molecule has 1 fully saturated rings. The number of carbonyl (C=O) groups excluding carboxylic acids is 2. The first-order valence-electron chi connectivity index (χ1n) is 7.86. The van der Waals surface area contributed by atoms with Gasteiger partial charge >= 0.3 is 0 Å². The lowest BCUT2D eigenvalue weighted by molar-refractivity contribution is -0.127. The van der Waals surface area contributed by atoms with E-state index in [1.807, 2.05) is 42.3 Å². The molecule has 0 aliphatic carbocycles. The van der Waals surface area contributed by atoms with E-state index in [9.17, 15) is 9.59 Å². The normalized spacial score (nSPS) is 20.2. The van der Waals surface area contributed by atoms with E-state index in [0.29, 0.717) is 13.0 Å². The predicted molar refractivity (Wildman–Crippen MR) is 91.3 cm³/mol. The molecule has 0 spiro atoms. The number of amides is 2. The molecule has 6 nitrogen and oxygen atoms in total. The van der Waals surface area contributed by atoms with E-state index in [-0.39, 0.29) is 23.6 Å². The van der Waals surface area contributed by atoms with Crippen LogP contribution in [0.2, 0.25) is 0 Å². The van der Waals surface area contributed by atoms with Gasteiger partial charge in [-0.25, -0.2) is 0 Å². The molecule has 0 unspecified atom stereocenters. The molecule has 1 aliphatic rings. The number of nitrogens with one attached hydrogen (secondary N) is 1. The van der Waals surface area contributed by atoms with E-state index in [4.69, 9.17) is 5.73 Å². The van der Waals surface area contributed by atoms with Crippen LogP contribution in [0.1, 0.15) is 28.5 Å². The summed E-state index contributed by atoms with van der Waals surface area (Å²) in [5, 5.41) is 3.30. The monoisotopic (exact) mass is 324 g/mol. The van der Waals surface area contributed by atoms with Gasteiger partial charge in [-0.1, -0.05) is 30.3 Å². The molecule has 2 heterocycles. The molecule has 3 N–H and O–H groups in total. The minimum absolute atomic E-state index is 0.0450. The average molecular weight is 324 g/mol. The lowest BCUT2D eigenvalue weighted by Gasteiger charge is -2.26. The van der Waals surface area contributed by atoms with Crippen molar-refractivity contribution < 1.29 is 9.59 Å². The van der Waals surface area contributed by atoms with Crippen molar-refractivity contribution in [1.29, 1.82) is 0 Å². The Morgan fingerprint density at radius 3 is 2.79 bits per heavy atom. The Bertz CT molecular complexity index is 748. The molecule has 0 bridgehead atoms. The Labute approximate surface area is 140 Å². The number of nitrogens with two attached hydrogens (primary N) is 1. The largest absolute Gasteiger partial charge is 0.385 e. The minimum atomic E-state index is -0.559. The highest BCUT2D eigenvalue weighted by atomic mass is 16.2. The fourth-order valence-corrected chi connectivity index (χ4v) is 3.21. The third-order valence-corrected chi connectivity index (χ3v) is 4.42. The number of anilines is 1. The van der Waals surface area contributed by atoms with Crippen LogP contribution in [-0.4, -0.2) is 35.3 Å². The summed E-state index contributed by atoms with van der Waals surface area (Å²) in [5.74, 6) is -0.269. The number of hydrogen-bond donors (Lipinski definition) is 2. The van der Waals surface area contributed by atoms with Gasteiger partial charge in [0.1, 0.15) is 5.69 Å². The zero-order valence-electron chi connectivity index (χ0n) is 13.5. The first kappa shape index (κ1) is 16.0. The van der Waals surface area contributed by atoms with Crippen LogP contribution in [0.3, 0.4) is 0 Å². The van der Waals surface area contributed by atoms with Crippen LogP contribution in [-0.2, 0) is 4.79 Å². The summed E-state index contributed by atoms with van der Waals surface area (Å²) in [5.41, 5.74) is 7.38. The Morgan fingerprint density at radius 2 is 2.08 bits per heavy atom. The Kier molecular flexibility index (Phi) is 4.46. The van der Waals surface area contributed by atoms with Crippen molar-refractivity contribution in [2.45, 2.75) is 12.5 Å². The van der Waals surface area contributed by atoms with E-state index in [1.54, 1.807) is 18.3 Å². The fourth-order valence-electron chi connectivity index (χ4n) is 3.21. The van der Waals surface area contributed by atoms with Gasteiger partial charge in [-0.3, -0.25) is 14.6 Å². The standard InChI is InChI=1S/C18H20N4O2/c1-22-16(23)9-13(17(22)12-5-3-2-4-6-12)11-21-14-7-8-20-15(10-14)18(19)24/h2-8,10,13,17H,9,11H2,1H3,(H2,19,24)(H,20,21)/t13-,17-/m0/s1. The first-order valence-corrected chi connectivity index (χ1v) is 7.86. The number of carbonyl (C=O) groups is 2. The van der Waals surface area contributed by atoms with Gasteiger partial charge in [0.05, 0.1) is 6.04 Å². The lowest BCUT2D eigenvalue weighted by atomic mass is 9.93. The maximum atomic E-state index is 12.1. The Morgan fingerprint density at radius 1 is 1.33 bits per heavy atom. The zero-order chi connectivity index (χ0) is 17.1. The highest BCUT2D eigenvalue weighted by Gasteiger charge is 2.38. The molecule has 124 valence electrons. The topological polar surface area (TPSA) is 88.3 Å². The third kappa shape index (κ3) is 3.22. The van der Waals surface area contributed by atoms with Gasteiger partial charge < -0.3 is 16.0 Å². The van der Waals surface area contributed by atoms with Crippen LogP contribution in [0, 0.1) is 5.92 Å². The van der Waals surface area contributed by atoms with Gasteiger partial charge in [0.15, 0.2) is 0 Å². The summed E-state index contributed by atoms with van der Waals surface area (Å²) < 4.78 is 0. The number of aromatic nitrogens is 1. The molecule has 2 atom stereocenters. The van der Waals surface area contributed by atoms with Crippen LogP contribution in [0.15, 0.2) is 48.7 Å². The third-order valence-electron chi connectivity index (χ3n) is 4.42. The van der Waals surface area contributed by atoms with E-state index < -0.39 is 5.91 Å². The van der Waals surface area contributed by atoms with Crippen molar-refractivity contribution in [1.82, 2.24) is 9.88 Å². The molecule has 1 aromatic heterocycles. The summed E-state index contributed by atoms with van der Waals surface area (Å²) >= 11 is 0. The summed E-state index contributed by atoms with van der Waals surface area (Å²) in [6, 6.07) is 13.5. The Hall–Kier alpha value is -2.89. The van der Waals surface area contributed by atoms with Crippen LogP contribution in [0.25, 0.3) is 0 Å². The number of nitrogens with zero attached hydrogens (tertiary/aromatic N) is 2. The van der Waals surface area contributed by atoms with Gasteiger partial charge in [0.2, 0.25) is 5.91 Å². The predicted octanol–water partition coefficient (Wildman–Crippen LogP) is 1.81. The second-order valence-electron chi connectivity index (χ2n) is 6.00. The zero-order valence-corrected chi connectivity index (χ0v) is 13.5. The van der Waals surface area contributed by atoms with E-state index in [2.05, 4.69) is 10.3 Å². The van der Waals surface area contributed by atoms with Crippen molar-refractivity contribution in [3.8, 4) is 0 Å². The highest BCUT2D eigenvalue weighted by molar-refractivity contribution is 5.91. The van der Waals surface area contributed by atoms with Gasteiger partial charge in [-0.05, 0) is 17.7 Å². The van der Waals surface area contributed by atoms with Gasteiger partial charge in [-0.15, -0.1) is 0 Å². The molecule has 2 aromatic rings.